The van der Waals surface area contributed by atoms with Crippen molar-refractivity contribution in [1.29, 1.82) is 0 Å². The number of hydrogen-bond acceptors (Lipinski definition) is 4. The molecule has 2 aromatic rings. The topological polar surface area (TPSA) is 70.7 Å². The minimum atomic E-state index is -0.334. The maximum Gasteiger partial charge on any atom is 0.262 e. The molecule has 2 aliphatic heterocycles. The van der Waals surface area contributed by atoms with Crippen molar-refractivity contribution in [3.63, 3.8) is 0 Å². The van der Waals surface area contributed by atoms with Gasteiger partial charge in [-0.15, -0.1) is 0 Å². The average Bonchev–Trinajstić information content (AvgIpc) is 2.74. The minimum absolute atomic E-state index is 0.0366. The highest BCUT2D eigenvalue weighted by molar-refractivity contribution is 5.96. The van der Waals surface area contributed by atoms with E-state index in [2.05, 4.69) is 34.9 Å². The van der Waals surface area contributed by atoms with Crippen molar-refractivity contribution in [3.8, 4) is 5.75 Å². The van der Waals surface area contributed by atoms with Crippen molar-refractivity contribution >= 4 is 23.2 Å². The quantitative estimate of drug-likeness (QED) is 0.818. The standard InChI is InChI=1S/C23H27N3O3/c1-16(24-19-7-8-21-20(14-19)25-22(27)15-29-21)23(28)26-11-9-18(10-12-26)13-17-5-3-2-4-6-17/h2-8,14,16,18,24H,9-13,15H2,1H3,(H,25,27)/t16-/m1/s1. The third kappa shape index (κ3) is 4.70. The SMILES string of the molecule is C[C@@H](Nc1ccc2c(c1)NC(=O)CO2)C(=O)N1CCC(Cc2ccccc2)CC1. The first-order chi connectivity index (χ1) is 14.1. The van der Waals surface area contributed by atoms with E-state index in [-0.39, 0.29) is 24.5 Å². The summed E-state index contributed by atoms with van der Waals surface area (Å²) in [6.45, 7) is 3.52. The molecule has 0 aromatic heterocycles. The molecule has 0 saturated carbocycles. The summed E-state index contributed by atoms with van der Waals surface area (Å²) in [5.74, 6) is 1.22. The van der Waals surface area contributed by atoms with E-state index in [0.29, 0.717) is 17.4 Å². The van der Waals surface area contributed by atoms with Crippen LogP contribution in [0.15, 0.2) is 48.5 Å². The van der Waals surface area contributed by atoms with Gasteiger partial charge < -0.3 is 20.3 Å². The molecule has 0 aliphatic carbocycles. The molecule has 1 atom stereocenters. The van der Waals surface area contributed by atoms with Gasteiger partial charge in [0, 0.05) is 18.8 Å². The van der Waals surface area contributed by atoms with E-state index in [1.54, 1.807) is 0 Å². The number of carbonyl (C=O) groups excluding carboxylic acids is 2. The highest BCUT2D eigenvalue weighted by atomic mass is 16.5. The van der Waals surface area contributed by atoms with Crippen LogP contribution in [-0.4, -0.2) is 42.5 Å². The number of anilines is 2. The van der Waals surface area contributed by atoms with Crippen LogP contribution in [0.2, 0.25) is 0 Å². The predicted octanol–water partition coefficient (Wildman–Crippen LogP) is 3.30. The zero-order chi connectivity index (χ0) is 20.2. The summed E-state index contributed by atoms with van der Waals surface area (Å²) in [6.07, 6.45) is 3.16. The molecule has 29 heavy (non-hydrogen) atoms. The Hall–Kier alpha value is -3.02. The fraction of sp³-hybridized carbons (Fsp3) is 0.391. The number of piperidine rings is 1. The Bertz CT molecular complexity index is 876. The van der Waals surface area contributed by atoms with E-state index < -0.39 is 0 Å². The molecular weight excluding hydrogens is 366 g/mol. The number of rotatable bonds is 5. The first kappa shape index (κ1) is 19.3. The summed E-state index contributed by atoms with van der Waals surface area (Å²) < 4.78 is 5.38. The van der Waals surface area contributed by atoms with E-state index in [9.17, 15) is 9.59 Å². The number of fused-ring (bicyclic) bond motifs is 1. The molecule has 0 radical (unpaired) electrons. The maximum absolute atomic E-state index is 12.9. The third-order valence-corrected chi connectivity index (χ3v) is 5.66. The maximum atomic E-state index is 12.9. The molecule has 1 saturated heterocycles. The molecule has 2 aromatic carbocycles. The second-order valence-corrected chi connectivity index (χ2v) is 7.87. The first-order valence-electron chi connectivity index (χ1n) is 10.2. The summed E-state index contributed by atoms with van der Waals surface area (Å²) in [5, 5.41) is 6.05. The Morgan fingerprint density at radius 3 is 2.72 bits per heavy atom. The summed E-state index contributed by atoms with van der Waals surface area (Å²) in [4.78, 5) is 26.3. The minimum Gasteiger partial charge on any atom is -0.482 e. The Kier molecular flexibility index (Phi) is 5.69. The number of nitrogens with zero attached hydrogens (tertiary/aromatic N) is 1. The lowest BCUT2D eigenvalue weighted by Gasteiger charge is -2.34. The van der Waals surface area contributed by atoms with Gasteiger partial charge in [-0.05, 0) is 55.9 Å². The molecule has 4 rings (SSSR count). The Morgan fingerprint density at radius 2 is 1.97 bits per heavy atom. The molecular formula is C23H27N3O3. The molecule has 0 unspecified atom stereocenters. The van der Waals surface area contributed by atoms with Crippen molar-refractivity contribution in [3.05, 3.63) is 54.1 Å². The number of carbonyl (C=O) groups is 2. The molecule has 2 aliphatic rings. The zero-order valence-electron chi connectivity index (χ0n) is 16.7. The van der Waals surface area contributed by atoms with E-state index in [1.165, 1.54) is 5.56 Å². The van der Waals surface area contributed by atoms with Crippen molar-refractivity contribution in [2.45, 2.75) is 32.2 Å². The van der Waals surface area contributed by atoms with Crippen LogP contribution < -0.4 is 15.4 Å². The van der Waals surface area contributed by atoms with Crippen LogP contribution in [0, 0.1) is 5.92 Å². The van der Waals surface area contributed by atoms with Gasteiger partial charge >= 0.3 is 0 Å². The van der Waals surface area contributed by atoms with Gasteiger partial charge in [-0.2, -0.15) is 0 Å². The lowest BCUT2D eigenvalue weighted by Crippen LogP contribution is -2.45. The largest absolute Gasteiger partial charge is 0.482 e. The van der Waals surface area contributed by atoms with Gasteiger partial charge in [0.15, 0.2) is 6.61 Å². The summed E-state index contributed by atoms with van der Waals surface area (Å²) in [6, 6.07) is 15.7. The molecule has 2 heterocycles. The Labute approximate surface area is 171 Å². The molecule has 0 spiro atoms. The van der Waals surface area contributed by atoms with Crippen LogP contribution in [-0.2, 0) is 16.0 Å². The van der Waals surface area contributed by atoms with Crippen LogP contribution in [0.25, 0.3) is 0 Å². The lowest BCUT2D eigenvalue weighted by molar-refractivity contribution is -0.133. The van der Waals surface area contributed by atoms with Crippen molar-refractivity contribution < 1.29 is 14.3 Å². The number of hydrogen-bond donors (Lipinski definition) is 2. The van der Waals surface area contributed by atoms with Gasteiger partial charge in [-0.25, -0.2) is 0 Å². The zero-order valence-corrected chi connectivity index (χ0v) is 16.7. The fourth-order valence-electron chi connectivity index (χ4n) is 4.06. The number of ether oxygens (including phenoxy) is 1. The molecule has 1 fully saturated rings. The van der Waals surface area contributed by atoms with Crippen molar-refractivity contribution in [2.24, 2.45) is 5.92 Å². The first-order valence-corrected chi connectivity index (χ1v) is 10.2. The molecule has 0 bridgehead atoms. The predicted molar refractivity (Wildman–Crippen MR) is 113 cm³/mol. The van der Waals surface area contributed by atoms with Gasteiger partial charge in [0.1, 0.15) is 11.8 Å². The Morgan fingerprint density at radius 1 is 1.21 bits per heavy atom. The number of benzene rings is 2. The van der Waals surface area contributed by atoms with Crippen LogP contribution >= 0.6 is 0 Å². The van der Waals surface area contributed by atoms with Crippen molar-refractivity contribution in [2.75, 3.05) is 30.3 Å². The lowest BCUT2D eigenvalue weighted by atomic mass is 9.90. The van der Waals surface area contributed by atoms with Gasteiger partial charge in [0.05, 0.1) is 5.69 Å². The fourth-order valence-corrected chi connectivity index (χ4v) is 4.06. The van der Waals surface area contributed by atoms with Gasteiger partial charge in [0.25, 0.3) is 5.91 Å². The van der Waals surface area contributed by atoms with Crippen LogP contribution in [0.1, 0.15) is 25.3 Å². The molecule has 6 nitrogen and oxygen atoms in total. The van der Waals surface area contributed by atoms with Gasteiger partial charge in [0.2, 0.25) is 5.91 Å². The number of likely N-dealkylation sites (tertiary alicyclic amines) is 1. The number of amides is 2. The smallest absolute Gasteiger partial charge is 0.262 e. The van der Waals surface area contributed by atoms with E-state index in [4.69, 9.17) is 4.74 Å². The molecule has 2 amide bonds. The summed E-state index contributed by atoms with van der Waals surface area (Å²) >= 11 is 0. The van der Waals surface area contributed by atoms with E-state index >= 15 is 0 Å². The molecule has 6 heteroatoms. The summed E-state index contributed by atoms with van der Waals surface area (Å²) in [5.41, 5.74) is 2.79. The monoisotopic (exact) mass is 393 g/mol. The summed E-state index contributed by atoms with van der Waals surface area (Å²) in [7, 11) is 0. The molecule has 2 N–H and O–H groups in total. The van der Waals surface area contributed by atoms with Gasteiger partial charge in [-0.1, -0.05) is 30.3 Å². The second-order valence-electron chi connectivity index (χ2n) is 7.87. The van der Waals surface area contributed by atoms with Crippen LogP contribution in [0.5, 0.6) is 5.75 Å². The van der Waals surface area contributed by atoms with E-state index in [0.717, 1.165) is 38.0 Å². The molecule has 152 valence electrons. The third-order valence-electron chi connectivity index (χ3n) is 5.66. The highest BCUT2D eigenvalue weighted by Crippen LogP contribution is 2.31. The average molecular weight is 393 g/mol. The highest BCUT2D eigenvalue weighted by Gasteiger charge is 2.26. The number of nitrogens with one attached hydrogen (secondary N) is 2. The van der Waals surface area contributed by atoms with Crippen molar-refractivity contribution in [1.82, 2.24) is 4.90 Å². The van der Waals surface area contributed by atoms with Crippen LogP contribution in [0.4, 0.5) is 11.4 Å². The van der Waals surface area contributed by atoms with Gasteiger partial charge in [-0.3, -0.25) is 9.59 Å². The van der Waals surface area contributed by atoms with E-state index in [1.807, 2.05) is 36.1 Å². The van der Waals surface area contributed by atoms with Crippen LogP contribution in [0.3, 0.4) is 0 Å². The Balaban J connectivity index is 1.30. The second kappa shape index (κ2) is 8.55. The normalized spacial score (nSPS) is 17.7.